The maximum absolute atomic E-state index is 13.4. The lowest BCUT2D eigenvalue weighted by atomic mass is 10.2. The summed E-state index contributed by atoms with van der Waals surface area (Å²) in [4.78, 5) is 12.0. The highest BCUT2D eigenvalue weighted by atomic mass is 127. The first-order chi connectivity index (χ1) is 8.99. The van der Waals surface area contributed by atoms with Crippen LogP contribution in [0.2, 0.25) is 0 Å². The summed E-state index contributed by atoms with van der Waals surface area (Å²) in [6.07, 6.45) is 0. The summed E-state index contributed by atoms with van der Waals surface area (Å²) >= 11 is 5.23. The molecule has 2 rings (SSSR count). The molecule has 0 spiro atoms. The molecule has 0 aliphatic carbocycles. The first kappa shape index (κ1) is 14.4. The molecule has 0 radical (unpaired) electrons. The maximum atomic E-state index is 13.4. The molecule has 2 nitrogen and oxygen atoms in total. The van der Waals surface area contributed by atoms with E-state index in [2.05, 4.69) is 21.2 Å². The summed E-state index contributed by atoms with van der Waals surface area (Å²) < 4.78 is 28.3. The van der Waals surface area contributed by atoms with E-state index in [0.29, 0.717) is 13.6 Å². The Hall–Kier alpha value is -1.02. The molecule has 0 heterocycles. The molecule has 0 aromatic heterocycles. The van der Waals surface area contributed by atoms with Gasteiger partial charge in [-0.3, -0.25) is 4.79 Å². The van der Waals surface area contributed by atoms with Crippen molar-refractivity contribution in [2.24, 2.45) is 0 Å². The second-order valence-corrected chi connectivity index (χ2v) is 5.75. The molecular weight excluding hydrogens is 431 g/mol. The number of halogens is 4. The number of para-hydroxylation sites is 1. The second-order valence-electron chi connectivity index (χ2n) is 3.67. The van der Waals surface area contributed by atoms with Crippen LogP contribution in [-0.4, -0.2) is 5.91 Å². The molecule has 1 amide bonds. The van der Waals surface area contributed by atoms with Gasteiger partial charge in [0.2, 0.25) is 0 Å². The lowest BCUT2D eigenvalue weighted by Crippen LogP contribution is -2.15. The van der Waals surface area contributed by atoms with Crippen LogP contribution in [0.3, 0.4) is 0 Å². The maximum Gasteiger partial charge on any atom is 0.256 e. The van der Waals surface area contributed by atoms with Crippen LogP contribution >= 0.6 is 38.5 Å². The number of carbonyl (C=O) groups is 1. The highest BCUT2D eigenvalue weighted by Crippen LogP contribution is 2.22. The van der Waals surface area contributed by atoms with E-state index < -0.39 is 23.2 Å². The Morgan fingerprint density at radius 2 is 1.79 bits per heavy atom. The fourth-order valence-corrected chi connectivity index (χ4v) is 2.41. The molecular formula is C13H7BrF2INO. The van der Waals surface area contributed by atoms with Crippen LogP contribution < -0.4 is 5.32 Å². The molecule has 0 fully saturated rings. The average Bonchev–Trinajstić information content (AvgIpc) is 2.37. The van der Waals surface area contributed by atoms with Crippen molar-refractivity contribution in [3.63, 3.8) is 0 Å². The molecule has 2 aromatic rings. The fourth-order valence-electron chi connectivity index (χ4n) is 1.47. The number of amides is 1. The summed E-state index contributed by atoms with van der Waals surface area (Å²) in [6.45, 7) is 0. The SMILES string of the molecule is O=C(Nc1c(F)cccc1F)c1cc(Br)ccc1I. The molecule has 0 atom stereocenters. The van der Waals surface area contributed by atoms with Gasteiger partial charge in [0.25, 0.3) is 5.91 Å². The summed E-state index contributed by atoms with van der Waals surface area (Å²) in [7, 11) is 0. The second kappa shape index (κ2) is 5.96. The number of hydrogen-bond acceptors (Lipinski definition) is 1. The van der Waals surface area contributed by atoms with E-state index in [-0.39, 0.29) is 0 Å². The van der Waals surface area contributed by atoms with Gasteiger partial charge >= 0.3 is 0 Å². The van der Waals surface area contributed by atoms with Gasteiger partial charge in [-0.1, -0.05) is 22.0 Å². The number of carbonyl (C=O) groups excluding carboxylic acids is 1. The molecule has 0 aliphatic heterocycles. The molecule has 0 unspecified atom stereocenters. The molecule has 0 saturated carbocycles. The van der Waals surface area contributed by atoms with Crippen LogP contribution in [0.5, 0.6) is 0 Å². The molecule has 1 N–H and O–H groups in total. The number of hydrogen-bond donors (Lipinski definition) is 1. The van der Waals surface area contributed by atoms with Crippen LogP contribution in [-0.2, 0) is 0 Å². The van der Waals surface area contributed by atoms with Crippen LogP contribution in [0.25, 0.3) is 0 Å². The van der Waals surface area contributed by atoms with Gasteiger partial charge in [-0.15, -0.1) is 0 Å². The quantitative estimate of drug-likeness (QED) is 0.684. The monoisotopic (exact) mass is 437 g/mol. The highest BCUT2D eigenvalue weighted by Gasteiger charge is 2.15. The smallest absolute Gasteiger partial charge is 0.256 e. The van der Waals surface area contributed by atoms with Gasteiger partial charge in [0.1, 0.15) is 17.3 Å². The Kier molecular flexibility index (Phi) is 4.51. The minimum Gasteiger partial charge on any atom is -0.317 e. The average molecular weight is 438 g/mol. The largest absolute Gasteiger partial charge is 0.317 e. The Balaban J connectivity index is 2.34. The molecule has 98 valence electrons. The third-order valence-corrected chi connectivity index (χ3v) is 3.81. The van der Waals surface area contributed by atoms with E-state index in [1.807, 2.05) is 22.6 Å². The summed E-state index contributed by atoms with van der Waals surface area (Å²) in [6, 6.07) is 8.52. The zero-order valence-electron chi connectivity index (χ0n) is 9.38. The number of anilines is 1. The molecule has 0 bridgehead atoms. The number of nitrogens with one attached hydrogen (secondary N) is 1. The normalized spacial score (nSPS) is 10.3. The van der Waals surface area contributed by atoms with Gasteiger partial charge in [-0.05, 0) is 52.9 Å². The number of rotatable bonds is 2. The van der Waals surface area contributed by atoms with Gasteiger partial charge in [-0.25, -0.2) is 8.78 Å². The summed E-state index contributed by atoms with van der Waals surface area (Å²) in [5, 5.41) is 2.25. The van der Waals surface area contributed by atoms with Crippen molar-refractivity contribution in [2.45, 2.75) is 0 Å². The molecule has 0 saturated heterocycles. The van der Waals surface area contributed by atoms with Gasteiger partial charge in [-0.2, -0.15) is 0 Å². The van der Waals surface area contributed by atoms with Crippen molar-refractivity contribution in [1.29, 1.82) is 0 Å². The Morgan fingerprint density at radius 1 is 1.16 bits per heavy atom. The zero-order valence-corrected chi connectivity index (χ0v) is 13.1. The van der Waals surface area contributed by atoms with Crippen molar-refractivity contribution >= 4 is 50.1 Å². The van der Waals surface area contributed by atoms with Crippen LogP contribution in [0.15, 0.2) is 40.9 Å². The van der Waals surface area contributed by atoms with E-state index in [0.717, 1.165) is 12.1 Å². The minimum absolute atomic E-state index is 0.345. The highest BCUT2D eigenvalue weighted by molar-refractivity contribution is 14.1. The van der Waals surface area contributed by atoms with Gasteiger partial charge in [0.05, 0.1) is 5.56 Å². The fraction of sp³-hybridized carbons (Fsp3) is 0. The van der Waals surface area contributed by atoms with E-state index in [9.17, 15) is 13.6 Å². The first-order valence-electron chi connectivity index (χ1n) is 5.19. The third kappa shape index (κ3) is 3.30. The van der Waals surface area contributed by atoms with Crippen LogP contribution in [0, 0.1) is 15.2 Å². The van der Waals surface area contributed by atoms with E-state index in [4.69, 9.17) is 0 Å². The predicted octanol–water partition coefficient (Wildman–Crippen LogP) is 4.58. The van der Waals surface area contributed by atoms with E-state index in [1.165, 1.54) is 6.07 Å². The van der Waals surface area contributed by atoms with Gasteiger partial charge in [0.15, 0.2) is 0 Å². The Morgan fingerprint density at radius 3 is 2.42 bits per heavy atom. The molecule has 6 heteroatoms. The standard InChI is InChI=1S/C13H7BrF2INO/c14-7-4-5-11(17)8(6-7)13(19)18-12-9(15)2-1-3-10(12)16/h1-6H,(H,18,19). The number of benzene rings is 2. The van der Waals surface area contributed by atoms with Crippen molar-refractivity contribution < 1.29 is 13.6 Å². The van der Waals surface area contributed by atoms with Crippen LogP contribution in [0.4, 0.5) is 14.5 Å². The van der Waals surface area contributed by atoms with Gasteiger partial charge < -0.3 is 5.32 Å². The van der Waals surface area contributed by atoms with E-state index in [1.54, 1.807) is 18.2 Å². The van der Waals surface area contributed by atoms with Crippen LogP contribution in [0.1, 0.15) is 10.4 Å². The Bertz CT molecular complexity index is 628. The molecule has 0 aliphatic rings. The topological polar surface area (TPSA) is 29.1 Å². The predicted molar refractivity (Wildman–Crippen MR) is 81.2 cm³/mol. The minimum atomic E-state index is -0.807. The molecule has 2 aromatic carbocycles. The first-order valence-corrected chi connectivity index (χ1v) is 7.06. The van der Waals surface area contributed by atoms with E-state index >= 15 is 0 Å². The van der Waals surface area contributed by atoms with Gasteiger partial charge in [0, 0.05) is 8.04 Å². The van der Waals surface area contributed by atoms with Crippen molar-refractivity contribution in [3.05, 3.63) is 61.6 Å². The van der Waals surface area contributed by atoms with Crippen molar-refractivity contribution in [2.75, 3.05) is 5.32 Å². The lowest BCUT2D eigenvalue weighted by molar-refractivity contribution is 0.102. The summed E-state index contributed by atoms with van der Waals surface area (Å²) in [5.74, 6) is -2.17. The molecule has 19 heavy (non-hydrogen) atoms. The van der Waals surface area contributed by atoms with Crippen molar-refractivity contribution in [1.82, 2.24) is 0 Å². The lowest BCUT2D eigenvalue weighted by Gasteiger charge is -2.09. The third-order valence-electron chi connectivity index (χ3n) is 2.37. The summed E-state index contributed by atoms with van der Waals surface area (Å²) in [5.41, 5.74) is -0.0964. The Labute approximate surface area is 130 Å². The zero-order chi connectivity index (χ0) is 14.0. The van der Waals surface area contributed by atoms with Crippen molar-refractivity contribution in [3.8, 4) is 0 Å².